The van der Waals surface area contributed by atoms with Crippen molar-refractivity contribution in [2.24, 2.45) is 0 Å². The molecular weight excluding hydrogens is 218 g/mol. The lowest BCUT2D eigenvalue weighted by Gasteiger charge is -2.37. The van der Waals surface area contributed by atoms with Gasteiger partial charge in [-0.15, -0.1) is 0 Å². The minimum Gasteiger partial charge on any atom is -0.335 e. The highest BCUT2D eigenvalue weighted by Gasteiger charge is 2.25. The van der Waals surface area contributed by atoms with Gasteiger partial charge in [0.2, 0.25) is 0 Å². The number of amides is 1. The van der Waals surface area contributed by atoms with Crippen molar-refractivity contribution in [2.45, 2.75) is 26.3 Å². The summed E-state index contributed by atoms with van der Waals surface area (Å²) in [6, 6.07) is 0.597. The molecule has 1 atom stereocenters. The molecule has 1 amide bonds. The van der Waals surface area contributed by atoms with Gasteiger partial charge in [-0.2, -0.15) is 15.4 Å². The van der Waals surface area contributed by atoms with Gasteiger partial charge in [0, 0.05) is 32.2 Å². The predicted octanol–water partition coefficient (Wildman–Crippen LogP) is 0.361. The second-order valence-electron chi connectivity index (χ2n) is 4.44. The first-order valence-corrected chi connectivity index (χ1v) is 6.11. The Labute approximate surface area is 101 Å². The lowest BCUT2D eigenvalue weighted by Crippen LogP contribution is -2.51. The van der Waals surface area contributed by atoms with Crippen LogP contribution in [0, 0.1) is 0 Å². The summed E-state index contributed by atoms with van der Waals surface area (Å²) >= 11 is 0. The molecule has 0 aromatic carbocycles. The van der Waals surface area contributed by atoms with Crippen LogP contribution in [-0.2, 0) is 0 Å². The Kier molecular flexibility index (Phi) is 3.73. The minimum atomic E-state index is -0.0254. The largest absolute Gasteiger partial charge is 0.335 e. The Hall–Kier alpha value is -1.43. The van der Waals surface area contributed by atoms with Crippen molar-refractivity contribution < 1.29 is 4.79 Å². The zero-order valence-electron chi connectivity index (χ0n) is 10.4. The molecule has 1 N–H and O–H groups in total. The van der Waals surface area contributed by atoms with Crippen LogP contribution in [0.4, 0.5) is 0 Å². The van der Waals surface area contributed by atoms with E-state index in [1.54, 1.807) is 0 Å². The first kappa shape index (κ1) is 12.0. The maximum atomic E-state index is 12.0. The molecule has 1 aliphatic rings. The van der Waals surface area contributed by atoms with Crippen molar-refractivity contribution in [1.82, 2.24) is 25.2 Å². The fraction of sp³-hybridized carbons (Fsp3) is 0.727. The van der Waals surface area contributed by atoms with Crippen LogP contribution in [-0.4, -0.2) is 63.3 Å². The Morgan fingerprint density at radius 1 is 1.47 bits per heavy atom. The van der Waals surface area contributed by atoms with Gasteiger partial charge in [0.1, 0.15) is 0 Å². The second kappa shape index (κ2) is 5.27. The maximum Gasteiger partial charge on any atom is 0.276 e. The molecular formula is C11H19N5O. The highest BCUT2D eigenvalue weighted by atomic mass is 16.2. The van der Waals surface area contributed by atoms with Gasteiger partial charge in [0.05, 0.1) is 6.20 Å². The Morgan fingerprint density at radius 3 is 2.71 bits per heavy atom. The molecule has 94 valence electrons. The number of aromatic amines is 1. The molecule has 0 aliphatic carbocycles. The van der Waals surface area contributed by atoms with Crippen LogP contribution in [0.1, 0.15) is 30.8 Å². The third-order valence-corrected chi connectivity index (χ3v) is 3.45. The zero-order chi connectivity index (χ0) is 12.3. The molecule has 6 heteroatoms. The van der Waals surface area contributed by atoms with Crippen LogP contribution in [0.2, 0.25) is 0 Å². The number of piperazine rings is 1. The molecule has 0 bridgehead atoms. The zero-order valence-corrected chi connectivity index (χ0v) is 10.4. The first-order valence-electron chi connectivity index (χ1n) is 6.11. The molecule has 1 unspecified atom stereocenters. The molecule has 1 aromatic heterocycles. The molecule has 1 fully saturated rings. The van der Waals surface area contributed by atoms with Gasteiger partial charge < -0.3 is 4.90 Å². The quantitative estimate of drug-likeness (QED) is 0.824. The number of hydrogen-bond acceptors (Lipinski definition) is 4. The van der Waals surface area contributed by atoms with Crippen LogP contribution in [0.3, 0.4) is 0 Å². The minimum absolute atomic E-state index is 0.0254. The molecule has 1 aliphatic heterocycles. The molecule has 2 heterocycles. The smallest absolute Gasteiger partial charge is 0.276 e. The van der Waals surface area contributed by atoms with Crippen molar-refractivity contribution in [3.63, 3.8) is 0 Å². The van der Waals surface area contributed by atoms with E-state index in [-0.39, 0.29) is 5.91 Å². The van der Waals surface area contributed by atoms with Crippen molar-refractivity contribution in [3.05, 3.63) is 11.9 Å². The van der Waals surface area contributed by atoms with Crippen LogP contribution >= 0.6 is 0 Å². The lowest BCUT2D eigenvalue weighted by atomic mass is 10.2. The van der Waals surface area contributed by atoms with Gasteiger partial charge >= 0.3 is 0 Å². The highest BCUT2D eigenvalue weighted by molar-refractivity contribution is 5.91. The van der Waals surface area contributed by atoms with Crippen molar-refractivity contribution in [1.29, 1.82) is 0 Å². The summed E-state index contributed by atoms with van der Waals surface area (Å²) in [6.07, 6.45) is 2.63. The van der Waals surface area contributed by atoms with E-state index in [0.29, 0.717) is 11.7 Å². The fourth-order valence-electron chi connectivity index (χ4n) is 2.09. The third kappa shape index (κ3) is 2.63. The summed E-state index contributed by atoms with van der Waals surface area (Å²) in [7, 11) is 0. The first-order chi connectivity index (χ1) is 8.22. The summed E-state index contributed by atoms with van der Waals surface area (Å²) in [5.74, 6) is -0.0254. The SMILES string of the molecule is CCC(C)N1CCN(C(=O)c2cn[nH]n2)CC1. The highest BCUT2D eigenvalue weighted by Crippen LogP contribution is 2.10. The lowest BCUT2D eigenvalue weighted by molar-refractivity contribution is 0.0574. The summed E-state index contributed by atoms with van der Waals surface area (Å²) in [4.78, 5) is 16.3. The third-order valence-electron chi connectivity index (χ3n) is 3.45. The van der Waals surface area contributed by atoms with Crippen molar-refractivity contribution in [2.75, 3.05) is 26.2 Å². The van der Waals surface area contributed by atoms with E-state index >= 15 is 0 Å². The number of hydrogen-bond donors (Lipinski definition) is 1. The van der Waals surface area contributed by atoms with Crippen LogP contribution in [0.25, 0.3) is 0 Å². The average Bonchev–Trinajstić information content (AvgIpc) is 2.91. The monoisotopic (exact) mass is 237 g/mol. The number of H-pyrrole nitrogens is 1. The number of carbonyl (C=O) groups is 1. The molecule has 0 spiro atoms. The van der Waals surface area contributed by atoms with Gasteiger partial charge in [0.15, 0.2) is 5.69 Å². The van der Waals surface area contributed by atoms with Crippen LogP contribution < -0.4 is 0 Å². The molecule has 1 saturated heterocycles. The van der Waals surface area contributed by atoms with Gasteiger partial charge in [0.25, 0.3) is 5.91 Å². The number of nitrogens with one attached hydrogen (secondary N) is 1. The summed E-state index contributed by atoms with van der Waals surface area (Å²) in [5, 5.41) is 9.95. The number of aromatic nitrogens is 3. The molecule has 17 heavy (non-hydrogen) atoms. The van der Waals surface area contributed by atoms with Gasteiger partial charge in [-0.25, -0.2) is 0 Å². The van der Waals surface area contributed by atoms with E-state index in [1.807, 2.05) is 4.90 Å². The van der Waals surface area contributed by atoms with E-state index in [2.05, 4.69) is 34.2 Å². The van der Waals surface area contributed by atoms with Gasteiger partial charge in [-0.1, -0.05) is 6.92 Å². The Morgan fingerprint density at radius 2 is 2.18 bits per heavy atom. The standard InChI is InChI=1S/C11H19N5O/c1-3-9(2)15-4-6-16(7-5-15)11(17)10-8-12-14-13-10/h8-9H,3-7H2,1-2H3,(H,12,13,14). The predicted molar refractivity (Wildman–Crippen MR) is 63.6 cm³/mol. The van der Waals surface area contributed by atoms with E-state index in [0.717, 1.165) is 32.6 Å². The average molecular weight is 237 g/mol. The normalized spacial score (nSPS) is 19.3. The summed E-state index contributed by atoms with van der Waals surface area (Å²) in [6.45, 7) is 7.86. The topological polar surface area (TPSA) is 65.1 Å². The van der Waals surface area contributed by atoms with Gasteiger partial charge in [-0.3, -0.25) is 9.69 Å². The molecule has 1 aromatic rings. The Balaban J connectivity index is 1.89. The van der Waals surface area contributed by atoms with Crippen molar-refractivity contribution in [3.8, 4) is 0 Å². The Bertz CT molecular complexity index is 356. The molecule has 0 radical (unpaired) electrons. The van der Waals surface area contributed by atoms with E-state index in [4.69, 9.17) is 0 Å². The van der Waals surface area contributed by atoms with Crippen molar-refractivity contribution >= 4 is 5.91 Å². The van der Waals surface area contributed by atoms with Crippen LogP contribution in [0.5, 0.6) is 0 Å². The molecule has 2 rings (SSSR count). The molecule has 0 saturated carbocycles. The maximum absolute atomic E-state index is 12.0. The number of carbonyl (C=O) groups excluding carboxylic acids is 1. The molecule has 6 nitrogen and oxygen atoms in total. The second-order valence-corrected chi connectivity index (χ2v) is 4.44. The fourth-order valence-corrected chi connectivity index (χ4v) is 2.09. The van der Waals surface area contributed by atoms with E-state index in [1.165, 1.54) is 6.20 Å². The van der Waals surface area contributed by atoms with Crippen LogP contribution in [0.15, 0.2) is 6.20 Å². The van der Waals surface area contributed by atoms with Gasteiger partial charge in [-0.05, 0) is 13.3 Å². The number of rotatable bonds is 3. The van der Waals surface area contributed by atoms with E-state index < -0.39 is 0 Å². The number of nitrogens with zero attached hydrogens (tertiary/aromatic N) is 4. The summed E-state index contributed by atoms with van der Waals surface area (Å²) < 4.78 is 0. The van der Waals surface area contributed by atoms with E-state index in [9.17, 15) is 4.79 Å². The summed E-state index contributed by atoms with van der Waals surface area (Å²) in [5.41, 5.74) is 0.405.